The molecule has 2 atom stereocenters. The van der Waals surface area contributed by atoms with Crippen LogP contribution in [-0.2, 0) is 11.2 Å². The van der Waals surface area contributed by atoms with E-state index >= 15 is 0 Å². The number of carbonyl (C=O) groups excluding carboxylic acids is 1. The van der Waals surface area contributed by atoms with Crippen molar-refractivity contribution >= 4 is 23.5 Å². The summed E-state index contributed by atoms with van der Waals surface area (Å²) in [6, 6.07) is 4.83. The number of amides is 1. The summed E-state index contributed by atoms with van der Waals surface area (Å²) in [6.45, 7) is 4.57. The Hall–Kier alpha value is -2.41. The molecule has 34 heavy (non-hydrogen) atoms. The van der Waals surface area contributed by atoms with Crippen molar-refractivity contribution in [1.82, 2.24) is 15.3 Å². The second-order valence-corrected chi connectivity index (χ2v) is 10.8. The van der Waals surface area contributed by atoms with Crippen LogP contribution in [0.3, 0.4) is 0 Å². The molecular formula is C26H32ClFN4O2. The Morgan fingerprint density at radius 1 is 1.26 bits per heavy atom. The van der Waals surface area contributed by atoms with E-state index in [9.17, 15) is 9.18 Å². The zero-order valence-corrected chi connectivity index (χ0v) is 20.4. The van der Waals surface area contributed by atoms with Crippen LogP contribution in [0.5, 0.6) is 5.75 Å². The van der Waals surface area contributed by atoms with Gasteiger partial charge < -0.3 is 15.0 Å². The molecule has 8 heteroatoms. The molecule has 1 aromatic heterocycles. The van der Waals surface area contributed by atoms with E-state index in [0.717, 1.165) is 63.0 Å². The first kappa shape index (κ1) is 23.3. The minimum atomic E-state index is -0.380. The van der Waals surface area contributed by atoms with Gasteiger partial charge in [0, 0.05) is 24.7 Å². The molecule has 6 nitrogen and oxygen atoms in total. The number of hydrogen-bond acceptors (Lipinski definition) is 5. The molecule has 1 aliphatic heterocycles. The van der Waals surface area contributed by atoms with Crippen LogP contribution in [0.1, 0.15) is 51.0 Å². The van der Waals surface area contributed by atoms with E-state index < -0.39 is 0 Å². The second-order valence-electron chi connectivity index (χ2n) is 10.4. The molecular weight excluding hydrogens is 455 g/mol. The van der Waals surface area contributed by atoms with E-state index in [-0.39, 0.29) is 23.7 Å². The highest BCUT2D eigenvalue weighted by molar-refractivity contribution is 6.30. The molecule has 0 spiro atoms. The summed E-state index contributed by atoms with van der Waals surface area (Å²) in [6.07, 6.45) is 9.93. The third-order valence-electron chi connectivity index (χ3n) is 7.59. The fourth-order valence-electron chi connectivity index (χ4n) is 5.13. The number of hydrogen-bond donors (Lipinski definition) is 1. The van der Waals surface area contributed by atoms with Gasteiger partial charge in [-0.15, -0.1) is 0 Å². The predicted molar refractivity (Wildman–Crippen MR) is 130 cm³/mol. The Labute approximate surface area is 205 Å². The number of nitrogens with one attached hydrogen (secondary N) is 1. The molecule has 0 radical (unpaired) electrons. The normalized spacial score (nSPS) is 23.4. The molecule has 2 heterocycles. The van der Waals surface area contributed by atoms with Crippen molar-refractivity contribution in [2.24, 2.45) is 17.8 Å². The van der Waals surface area contributed by atoms with E-state index in [4.69, 9.17) is 16.3 Å². The minimum absolute atomic E-state index is 0.0639. The highest BCUT2D eigenvalue weighted by Gasteiger charge is 2.43. The molecule has 2 aromatic rings. The fraction of sp³-hybridized carbons (Fsp3) is 0.577. The third-order valence-corrected chi connectivity index (χ3v) is 7.78. The first-order chi connectivity index (χ1) is 16.4. The van der Waals surface area contributed by atoms with Gasteiger partial charge in [0.2, 0.25) is 11.9 Å². The molecule has 1 N–H and O–H groups in total. The van der Waals surface area contributed by atoms with Gasteiger partial charge in [-0.25, -0.2) is 14.4 Å². The van der Waals surface area contributed by atoms with E-state index in [1.54, 1.807) is 24.5 Å². The van der Waals surface area contributed by atoms with Crippen molar-refractivity contribution in [3.63, 3.8) is 0 Å². The highest BCUT2D eigenvalue weighted by atomic mass is 35.5. The lowest BCUT2D eigenvalue weighted by atomic mass is 9.90. The number of halogens is 2. The number of nitrogens with zero attached hydrogens (tertiary/aromatic N) is 3. The van der Waals surface area contributed by atoms with Crippen molar-refractivity contribution < 1.29 is 13.9 Å². The number of benzene rings is 1. The van der Waals surface area contributed by atoms with Crippen molar-refractivity contribution in [3.8, 4) is 5.75 Å². The van der Waals surface area contributed by atoms with Crippen molar-refractivity contribution in [2.45, 2.75) is 57.4 Å². The number of aromatic nitrogens is 2. The molecule has 1 amide bonds. The van der Waals surface area contributed by atoms with Crippen LogP contribution in [0.2, 0.25) is 5.02 Å². The second kappa shape index (κ2) is 9.68. The molecule has 2 aliphatic carbocycles. The first-order valence-electron chi connectivity index (χ1n) is 12.3. The summed E-state index contributed by atoms with van der Waals surface area (Å²) in [5, 5.41) is 3.53. The maximum absolute atomic E-state index is 14.5. The van der Waals surface area contributed by atoms with Gasteiger partial charge in [-0.05, 0) is 74.8 Å². The maximum atomic E-state index is 14.5. The molecule has 182 valence electrons. The zero-order chi connectivity index (χ0) is 23.7. The van der Waals surface area contributed by atoms with Gasteiger partial charge in [0.15, 0.2) is 0 Å². The molecule has 5 rings (SSSR count). The molecule has 0 bridgehead atoms. The summed E-state index contributed by atoms with van der Waals surface area (Å²) in [5.41, 5.74) is 0.325. The Morgan fingerprint density at radius 2 is 2.00 bits per heavy atom. The average molecular weight is 487 g/mol. The van der Waals surface area contributed by atoms with Gasteiger partial charge in [-0.3, -0.25) is 4.79 Å². The van der Waals surface area contributed by atoms with E-state index in [0.29, 0.717) is 28.9 Å². The van der Waals surface area contributed by atoms with Gasteiger partial charge in [0.1, 0.15) is 11.6 Å². The van der Waals surface area contributed by atoms with Crippen molar-refractivity contribution in [2.75, 3.05) is 24.6 Å². The third kappa shape index (κ3) is 5.80. The summed E-state index contributed by atoms with van der Waals surface area (Å²) < 4.78 is 20.3. The molecule has 3 aliphatic rings. The average Bonchev–Trinajstić information content (AvgIpc) is 3.74. The Kier molecular flexibility index (Phi) is 6.65. The lowest BCUT2D eigenvalue weighted by molar-refractivity contribution is -0.121. The summed E-state index contributed by atoms with van der Waals surface area (Å²) in [7, 11) is 0. The Bertz CT molecular complexity index is 1020. The quantitative estimate of drug-likeness (QED) is 0.551. The lowest BCUT2D eigenvalue weighted by Gasteiger charge is -2.32. The smallest absolute Gasteiger partial charge is 0.225 e. The van der Waals surface area contributed by atoms with E-state index in [2.05, 4.69) is 20.2 Å². The largest absolute Gasteiger partial charge is 0.493 e. The Morgan fingerprint density at radius 3 is 2.68 bits per heavy atom. The topological polar surface area (TPSA) is 67.3 Å². The zero-order valence-electron chi connectivity index (χ0n) is 19.6. The minimum Gasteiger partial charge on any atom is -0.493 e. The summed E-state index contributed by atoms with van der Waals surface area (Å²) in [5.74, 6) is 2.99. The predicted octanol–water partition coefficient (Wildman–Crippen LogP) is 4.80. The van der Waals surface area contributed by atoms with Crippen molar-refractivity contribution in [3.05, 3.63) is 47.0 Å². The molecule has 2 saturated carbocycles. The van der Waals surface area contributed by atoms with Crippen LogP contribution in [0, 0.1) is 23.6 Å². The fourth-order valence-corrected chi connectivity index (χ4v) is 5.23. The van der Waals surface area contributed by atoms with Crippen LogP contribution < -0.4 is 15.0 Å². The molecule has 3 fully saturated rings. The Balaban J connectivity index is 1.02. The van der Waals surface area contributed by atoms with Gasteiger partial charge >= 0.3 is 0 Å². The van der Waals surface area contributed by atoms with Crippen LogP contribution in [0.15, 0.2) is 30.6 Å². The molecule has 1 aromatic carbocycles. The summed E-state index contributed by atoms with van der Waals surface area (Å²) in [4.78, 5) is 23.0. The maximum Gasteiger partial charge on any atom is 0.225 e. The van der Waals surface area contributed by atoms with Gasteiger partial charge in [-0.2, -0.15) is 0 Å². The molecule has 1 saturated heterocycles. The van der Waals surface area contributed by atoms with Crippen LogP contribution in [0.4, 0.5) is 10.3 Å². The van der Waals surface area contributed by atoms with Gasteiger partial charge in [-0.1, -0.05) is 17.7 Å². The van der Waals surface area contributed by atoms with Crippen LogP contribution in [0.25, 0.3) is 0 Å². The SMILES string of the molecule is CC1(NC(=O)Cc2ccc(OCCC3CC3C3CCN(c4ncc(Cl)cn4)CC3)cc2F)CC1. The van der Waals surface area contributed by atoms with Crippen LogP contribution in [-0.4, -0.2) is 41.1 Å². The van der Waals surface area contributed by atoms with Gasteiger partial charge in [0.25, 0.3) is 0 Å². The monoisotopic (exact) mass is 486 g/mol. The number of rotatable bonds is 9. The van der Waals surface area contributed by atoms with E-state index in [1.807, 2.05) is 6.92 Å². The first-order valence-corrected chi connectivity index (χ1v) is 12.7. The van der Waals surface area contributed by atoms with E-state index in [1.165, 1.54) is 12.5 Å². The lowest BCUT2D eigenvalue weighted by Crippen LogP contribution is -2.35. The highest BCUT2D eigenvalue weighted by Crippen LogP contribution is 2.49. The van der Waals surface area contributed by atoms with Gasteiger partial charge in [0.05, 0.1) is 30.4 Å². The summed E-state index contributed by atoms with van der Waals surface area (Å²) >= 11 is 5.89. The van der Waals surface area contributed by atoms with Crippen molar-refractivity contribution in [1.29, 1.82) is 0 Å². The number of anilines is 1. The number of piperidine rings is 1. The molecule has 2 unspecified atom stereocenters. The standard InChI is InChI=1S/C26H32ClFN4O2/c1-26(7-8-26)31-24(33)13-19-2-3-21(14-23(19)28)34-11-6-18-12-22(18)17-4-9-32(10-5-17)25-29-15-20(27)16-30-25/h2-3,14-18,22H,4-13H2,1H3,(H,31,33). The number of carbonyl (C=O) groups is 1. The van der Waals surface area contributed by atoms with Crippen LogP contribution >= 0.6 is 11.6 Å². The number of ether oxygens (including phenoxy) is 1.